The molecule has 5 aliphatic rings. The Morgan fingerprint density at radius 3 is 2.86 bits per heavy atom. The van der Waals surface area contributed by atoms with E-state index in [0.29, 0.717) is 45.8 Å². The minimum atomic E-state index is -4.52. The van der Waals surface area contributed by atoms with Crippen molar-refractivity contribution < 1.29 is 32.2 Å². The van der Waals surface area contributed by atoms with Crippen molar-refractivity contribution in [1.29, 1.82) is 0 Å². The number of fused-ring (bicyclic) bond motifs is 3. The number of likely N-dealkylation sites (tertiary alicyclic amines) is 1. The number of carbonyl (C=O) groups excluding carboxylic acids is 1. The number of anilines is 1. The SMILES string of the molecule is COC1COCCC1N[C@@H]1C[C@H]2OCC[C@@]2(C(=O)N2CC3CC2CN3c2nccc(C(F)(F)F)n2)C1. The number of methoxy groups -OCH3 is 1. The van der Waals surface area contributed by atoms with Gasteiger partial charge in [-0.3, -0.25) is 4.79 Å². The largest absolute Gasteiger partial charge is 0.433 e. The van der Waals surface area contributed by atoms with Crippen LogP contribution in [0.2, 0.25) is 0 Å². The van der Waals surface area contributed by atoms with Crippen LogP contribution in [0.3, 0.4) is 0 Å². The molecular weight excluding hydrogens is 479 g/mol. The van der Waals surface area contributed by atoms with E-state index in [1.54, 1.807) is 7.11 Å². The van der Waals surface area contributed by atoms with E-state index in [1.165, 1.54) is 0 Å². The lowest BCUT2D eigenvalue weighted by Gasteiger charge is -2.39. The van der Waals surface area contributed by atoms with E-state index in [0.717, 1.165) is 31.5 Å². The molecule has 4 aliphatic heterocycles. The smallest absolute Gasteiger partial charge is 0.379 e. The molecule has 4 saturated heterocycles. The van der Waals surface area contributed by atoms with Crippen LogP contribution in [0.4, 0.5) is 19.1 Å². The molecule has 1 N–H and O–H groups in total. The van der Waals surface area contributed by atoms with E-state index >= 15 is 0 Å². The Morgan fingerprint density at radius 2 is 2.11 bits per heavy atom. The summed E-state index contributed by atoms with van der Waals surface area (Å²) in [7, 11) is 1.70. The number of nitrogens with zero attached hydrogens (tertiary/aromatic N) is 4. The van der Waals surface area contributed by atoms with Gasteiger partial charge in [0.25, 0.3) is 0 Å². The number of ether oxygens (including phenoxy) is 3. The van der Waals surface area contributed by atoms with Crippen LogP contribution in [-0.4, -0.2) is 97.2 Å². The number of carbonyl (C=O) groups is 1. The quantitative estimate of drug-likeness (QED) is 0.638. The Morgan fingerprint density at radius 1 is 1.25 bits per heavy atom. The van der Waals surface area contributed by atoms with E-state index in [1.807, 2.05) is 9.80 Å². The first kappa shape index (κ1) is 24.3. The standard InChI is InChI=1S/C24H32F3N5O4/c1-34-18-13-35-6-3-17(18)29-14-8-20-23(10-14,4-7-36-20)21(33)31-11-16-9-15(31)12-32(16)22-28-5-2-19(30-22)24(25,26)27/h2,5,14-18,20,29H,3-4,6-13H2,1H3/t14-,15?,16?,17?,18?,20-,23-/m1/s1. The molecule has 9 nitrogen and oxygen atoms in total. The molecule has 5 heterocycles. The molecule has 36 heavy (non-hydrogen) atoms. The number of aromatic nitrogens is 2. The molecule has 1 aromatic rings. The minimum Gasteiger partial charge on any atom is -0.379 e. The first-order valence-electron chi connectivity index (χ1n) is 12.7. The highest BCUT2D eigenvalue weighted by molar-refractivity contribution is 5.85. The van der Waals surface area contributed by atoms with Crippen LogP contribution in [0.15, 0.2) is 12.3 Å². The molecule has 6 rings (SSSR count). The summed E-state index contributed by atoms with van der Waals surface area (Å²) < 4.78 is 56.6. The van der Waals surface area contributed by atoms with Crippen molar-refractivity contribution in [2.75, 3.05) is 44.9 Å². The van der Waals surface area contributed by atoms with Gasteiger partial charge in [-0.25, -0.2) is 9.97 Å². The summed E-state index contributed by atoms with van der Waals surface area (Å²) in [6, 6.07) is 1.09. The predicted molar refractivity (Wildman–Crippen MR) is 121 cm³/mol. The second-order valence-electron chi connectivity index (χ2n) is 10.7. The summed E-state index contributed by atoms with van der Waals surface area (Å²) in [5.74, 6) is 0.209. The van der Waals surface area contributed by atoms with Gasteiger partial charge in [-0.2, -0.15) is 13.2 Å². The topological polar surface area (TPSA) is 89.0 Å². The molecular formula is C24H32F3N5O4. The van der Waals surface area contributed by atoms with E-state index in [-0.39, 0.29) is 48.2 Å². The lowest BCUT2D eigenvalue weighted by Crippen LogP contribution is -2.55. The summed E-state index contributed by atoms with van der Waals surface area (Å²) in [6.07, 6.45) is 0.287. The van der Waals surface area contributed by atoms with E-state index in [9.17, 15) is 18.0 Å². The molecule has 7 atom stereocenters. The van der Waals surface area contributed by atoms with Crippen LogP contribution in [-0.2, 0) is 25.2 Å². The molecule has 0 aromatic carbocycles. The molecule has 1 amide bonds. The fourth-order valence-corrected chi connectivity index (χ4v) is 7.00. The summed E-state index contributed by atoms with van der Waals surface area (Å²) >= 11 is 0. The zero-order valence-electron chi connectivity index (χ0n) is 20.2. The third-order valence-electron chi connectivity index (χ3n) is 8.77. The van der Waals surface area contributed by atoms with Crippen LogP contribution in [0.5, 0.6) is 0 Å². The molecule has 0 radical (unpaired) electrons. The summed E-state index contributed by atoms with van der Waals surface area (Å²) in [6.45, 7) is 2.75. The van der Waals surface area contributed by atoms with Gasteiger partial charge in [0, 0.05) is 51.7 Å². The van der Waals surface area contributed by atoms with Crippen LogP contribution in [0.1, 0.15) is 37.8 Å². The minimum absolute atomic E-state index is 0.00914. The fraction of sp³-hybridized carbons (Fsp3) is 0.792. The van der Waals surface area contributed by atoms with Crippen LogP contribution >= 0.6 is 0 Å². The first-order valence-corrected chi connectivity index (χ1v) is 12.7. The van der Waals surface area contributed by atoms with Crippen molar-refractivity contribution in [2.24, 2.45) is 5.41 Å². The van der Waals surface area contributed by atoms with Crippen molar-refractivity contribution >= 4 is 11.9 Å². The number of hydrogen-bond donors (Lipinski definition) is 1. The van der Waals surface area contributed by atoms with Crippen LogP contribution < -0.4 is 10.2 Å². The monoisotopic (exact) mass is 511 g/mol. The first-order chi connectivity index (χ1) is 17.3. The summed E-state index contributed by atoms with van der Waals surface area (Å²) in [5, 5.41) is 3.73. The number of alkyl halides is 3. The number of piperazine rings is 1. The lowest BCUT2D eigenvalue weighted by atomic mass is 9.80. The molecule has 1 aromatic heterocycles. The second-order valence-corrected chi connectivity index (χ2v) is 10.7. The number of hydrogen-bond acceptors (Lipinski definition) is 8. The predicted octanol–water partition coefficient (Wildman–Crippen LogP) is 1.62. The average Bonchev–Trinajstić information content (AvgIpc) is 3.63. The third-order valence-corrected chi connectivity index (χ3v) is 8.77. The number of nitrogens with one attached hydrogen (secondary N) is 1. The van der Waals surface area contributed by atoms with Crippen molar-refractivity contribution in [3.8, 4) is 0 Å². The molecule has 4 unspecified atom stereocenters. The maximum absolute atomic E-state index is 14.0. The Bertz CT molecular complexity index is 999. The maximum atomic E-state index is 14.0. The van der Waals surface area contributed by atoms with E-state index in [4.69, 9.17) is 14.2 Å². The lowest BCUT2D eigenvalue weighted by molar-refractivity contribution is -0.145. The van der Waals surface area contributed by atoms with Gasteiger partial charge in [-0.05, 0) is 38.2 Å². The Hall–Kier alpha value is -2.02. The van der Waals surface area contributed by atoms with Crippen molar-refractivity contribution in [2.45, 2.75) is 74.7 Å². The van der Waals surface area contributed by atoms with Gasteiger partial charge >= 0.3 is 6.18 Å². The summed E-state index contributed by atoms with van der Waals surface area (Å²) in [5.41, 5.74) is -1.49. The van der Waals surface area contributed by atoms with Gasteiger partial charge in [0.1, 0.15) is 5.69 Å². The van der Waals surface area contributed by atoms with E-state index in [2.05, 4.69) is 15.3 Å². The molecule has 1 saturated carbocycles. The second kappa shape index (κ2) is 9.07. The van der Waals surface area contributed by atoms with Crippen molar-refractivity contribution in [3.05, 3.63) is 18.0 Å². The zero-order valence-corrected chi connectivity index (χ0v) is 20.2. The third kappa shape index (κ3) is 4.06. The Labute approximate surface area is 207 Å². The zero-order chi connectivity index (χ0) is 25.1. The average molecular weight is 512 g/mol. The van der Waals surface area contributed by atoms with Gasteiger partial charge < -0.3 is 29.3 Å². The van der Waals surface area contributed by atoms with Crippen LogP contribution in [0.25, 0.3) is 0 Å². The van der Waals surface area contributed by atoms with Crippen LogP contribution in [0, 0.1) is 5.41 Å². The molecule has 2 bridgehead atoms. The van der Waals surface area contributed by atoms with Gasteiger partial charge in [-0.1, -0.05) is 0 Å². The highest BCUT2D eigenvalue weighted by atomic mass is 19.4. The molecule has 12 heteroatoms. The highest BCUT2D eigenvalue weighted by Gasteiger charge is 2.60. The van der Waals surface area contributed by atoms with Gasteiger partial charge in [0.05, 0.1) is 36.3 Å². The van der Waals surface area contributed by atoms with E-state index < -0.39 is 17.3 Å². The normalized spacial score (nSPS) is 38.1. The summed E-state index contributed by atoms with van der Waals surface area (Å²) in [4.78, 5) is 25.6. The molecule has 1 aliphatic carbocycles. The maximum Gasteiger partial charge on any atom is 0.433 e. The van der Waals surface area contributed by atoms with Gasteiger partial charge in [0.15, 0.2) is 0 Å². The number of halogens is 3. The van der Waals surface area contributed by atoms with Crippen molar-refractivity contribution in [3.63, 3.8) is 0 Å². The number of amides is 1. The molecule has 0 spiro atoms. The van der Waals surface area contributed by atoms with Gasteiger partial charge in [-0.15, -0.1) is 0 Å². The number of rotatable bonds is 5. The highest BCUT2D eigenvalue weighted by Crippen LogP contribution is 2.50. The Kier molecular flexibility index (Phi) is 6.13. The Balaban J connectivity index is 1.13. The molecule has 198 valence electrons. The fourth-order valence-electron chi connectivity index (χ4n) is 7.00. The molecule has 5 fully saturated rings. The van der Waals surface area contributed by atoms with Gasteiger partial charge in [0.2, 0.25) is 11.9 Å². The van der Waals surface area contributed by atoms with Crippen molar-refractivity contribution in [1.82, 2.24) is 20.2 Å².